The molecule has 20 heavy (non-hydrogen) atoms. The molecule has 0 aliphatic carbocycles. The van der Waals surface area contributed by atoms with Gasteiger partial charge in [-0.05, 0) is 23.1 Å². The molecule has 0 saturated carbocycles. The summed E-state index contributed by atoms with van der Waals surface area (Å²) in [5.41, 5.74) is 0.435. The van der Waals surface area contributed by atoms with Crippen LogP contribution in [0.3, 0.4) is 0 Å². The van der Waals surface area contributed by atoms with Crippen LogP contribution in [0.25, 0.3) is 0 Å². The highest BCUT2D eigenvalue weighted by atomic mass is 32.2. The van der Waals surface area contributed by atoms with Crippen molar-refractivity contribution < 1.29 is 13.2 Å². The molecule has 1 aliphatic rings. The van der Waals surface area contributed by atoms with Gasteiger partial charge < -0.3 is 4.74 Å². The van der Waals surface area contributed by atoms with Crippen molar-refractivity contribution in [1.29, 1.82) is 0 Å². The summed E-state index contributed by atoms with van der Waals surface area (Å²) in [6, 6.07) is 6.94. The predicted molar refractivity (Wildman–Crippen MR) is 79.8 cm³/mol. The van der Waals surface area contributed by atoms with Crippen molar-refractivity contribution in [3.05, 3.63) is 35.4 Å². The fraction of sp³-hybridized carbons (Fsp3) is 0.500. The average Bonchev–Trinajstić information content (AvgIpc) is 2.37. The van der Waals surface area contributed by atoms with Crippen molar-refractivity contribution in [3.63, 3.8) is 0 Å². The number of hydrogen-bond acceptors (Lipinski definition) is 3. The van der Waals surface area contributed by atoms with Crippen molar-refractivity contribution >= 4 is 9.84 Å². The number of ether oxygens (including phenoxy) is 1. The van der Waals surface area contributed by atoms with Gasteiger partial charge in [-0.3, -0.25) is 0 Å². The SMILES string of the molecule is C#Cc1ccc(C2OCC(C(C)(C)C)CS2(=O)=O)cc1. The zero-order valence-corrected chi connectivity index (χ0v) is 12.9. The maximum Gasteiger partial charge on any atom is 0.183 e. The highest BCUT2D eigenvalue weighted by Crippen LogP contribution is 2.37. The lowest BCUT2D eigenvalue weighted by atomic mass is 9.82. The first-order valence-electron chi connectivity index (χ1n) is 6.64. The summed E-state index contributed by atoms with van der Waals surface area (Å²) in [5, 5.41) is 0. The minimum atomic E-state index is -3.30. The fourth-order valence-corrected chi connectivity index (χ4v) is 4.45. The first-order chi connectivity index (χ1) is 9.24. The maximum atomic E-state index is 12.4. The standard InChI is InChI=1S/C16H20O3S/c1-5-12-6-8-13(9-7-12)15-19-10-14(16(2,3)4)11-20(15,17)18/h1,6-9,14-15H,10-11H2,2-4H3. The van der Waals surface area contributed by atoms with E-state index in [4.69, 9.17) is 11.2 Å². The third-order valence-electron chi connectivity index (χ3n) is 3.78. The van der Waals surface area contributed by atoms with E-state index in [-0.39, 0.29) is 17.1 Å². The molecule has 0 amide bonds. The lowest BCUT2D eigenvalue weighted by Gasteiger charge is -2.36. The van der Waals surface area contributed by atoms with Gasteiger partial charge in [0.1, 0.15) is 0 Å². The Kier molecular flexibility index (Phi) is 3.95. The first-order valence-corrected chi connectivity index (χ1v) is 8.35. The molecule has 0 radical (unpaired) electrons. The molecule has 1 aliphatic heterocycles. The Balaban J connectivity index is 2.25. The smallest absolute Gasteiger partial charge is 0.183 e. The predicted octanol–water partition coefficient (Wildman–Crippen LogP) is 2.77. The number of hydrogen-bond donors (Lipinski definition) is 0. The topological polar surface area (TPSA) is 43.4 Å². The second-order valence-corrected chi connectivity index (χ2v) is 8.41. The zero-order chi connectivity index (χ0) is 15.0. The molecule has 2 atom stereocenters. The van der Waals surface area contributed by atoms with Crippen molar-refractivity contribution in [3.8, 4) is 12.3 Å². The van der Waals surface area contributed by atoms with Gasteiger partial charge >= 0.3 is 0 Å². The van der Waals surface area contributed by atoms with E-state index >= 15 is 0 Å². The minimum absolute atomic E-state index is 0.0220. The monoisotopic (exact) mass is 292 g/mol. The fourth-order valence-electron chi connectivity index (χ4n) is 2.26. The molecular weight excluding hydrogens is 272 g/mol. The largest absolute Gasteiger partial charge is 0.357 e. The van der Waals surface area contributed by atoms with E-state index in [1.807, 2.05) is 20.8 Å². The van der Waals surface area contributed by atoms with Crippen LogP contribution in [0.5, 0.6) is 0 Å². The van der Waals surface area contributed by atoms with Crippen molar-refractivity contribution in [2.75, 3.05) is 12.4 Å². The summed E-state index contributed by atoms with van der Waals surface area (Å²) < 4.78 is 30.5. The third-order valence-corrected chi connectivity index (χ3v) is 5.71. The Morgan fingerprint density at radius 2 is 1.85 bits per heavy atom. The lowest BCUT2D eigenvalue weighted by Crippen LogP contribution is -2.39. The van der Waals surface area contributed by atoms with Crippen LogP contribution in [0.4, 0.5) is 0 Å². The Hall–Kier alpha value is -1.31. The van der Waals surface area contributed by atoms with E-state index in [2.05, 4.69) is 5.92 Å². The van der Waals surface area contributed by atoms with Gasteiger partial charge in [0, 0.05) is 11.5 Å². The minimum Gasteiger partial charge on any atom is -0.357 e. The molecule has 2 rings (SSSR count). The van der Waals surface area contributed by atoms with Crippen LogP contribution >= 0.6 is 0 Å². The molecule has 1 heterocycles. The van der Waals surface area contributed by atoms with Crippen LogP contribution in [0, 0.1) is 23.7 Å². The van der Waals surface area contributed by atoms with Crippen LogP contribution < -0.4 is 0 Å². The second-order valence-electron chi connectivity index (χ2n) is 6.32. The third kappa shape index (κ3) is 3.05. The van der Waals surface area contributed by atoms with Crippen LogP contribution in [0.1, 0.15) is 37.3 Å². The van der Waals surface area contributed by atoms with Gasteiger partial charge in [-0.25, -0.2) is 8.42 Å². The van der Waals surface area contributed by atoms with Gasteiger partial charge in [0.25, 0.3) is 0 Å². The number of rotatable bonds is 1. The molecule has 1 aromatic rings. The van der Waals surface area contributed by atoms with E-state index in [1.54, 1.807) is 24.3 Å². The normalized spacial score (nSPS) is 25.9. The Morgan fingerprint density at radius 1 is 1.25 bits per heavy atom. The van der Waals surface area contributed by atoms with E-state index in [1.165, 1.54) is 0 Å². The number of benzene rings is 1. The summed E-state index contributed by atoms with van der Waals surface area (Å²) in [4.78, 5) is 0. The molecule has 1 fully saturated rings. The molecule has 0 spiro atoms. The lowest BCUT2D eigenvalue weighted by molar-refractivity contribution is 0.0311. The average molecular weight is 292 g/mol. The summed E-state index contributed by atoms with van der Waals surface area (Å²) in [5.74, 6) is 2.70. The molecule has 108 valence electrons. The summed E-state index contributed by atoms with van der Waals surface area (Å²) in [7, 11) is -3.30. The Bertz CT molecular complexity index is 615. The van der Waals surface area contributed by atoms with Gasteiger partial charge in [0.15, 0.2) is 15.3 Å². The Morgan fingerprint density at radius 3 is 2.30 bits per heavy atom. The van der Waals surface area contributed by atoms with Crippen LogP contribution in [0.2, 0.25) is 0 Å². The molecular formula is C16H20O3S. The number of sulfone groups is 1. The highest BCUT2D eigenvalue weighted by molar-refractivity contribution is 7.91. The quantitative estimate of drug-likeness (QED) is 0.748. The van der Waals surface area contributed by atoms with Gasteiger partial charge in [-0.1, -0.05) is 38.8 Å². The second kappa shape index (κ2) is 5.23. The zero-order valence-electron chi connectivity index (χ0n) is 12.1. The van der Waals surface area contributed by atoms with E-state index in [0.29, 0.717) is 12.2 Å². The Labute approximate surface area is 121 Å². The van der Waals surface area contributed by atoms with E-state index < -0.39 is 15.3 Å². The molecule has 1 aromatic carbocycles. The number of terminal acetylenes is 1. The summed E-state index contributed by atoms with van der Waals surface area (Å²) in [6.07, 6.45) is 5.30. The van der Waals surface area contributed by atoms with E-state index in [9.17, 15) is 8.42 Å². The van der Waals surface area contributed by atoms with Gasteiger partial charge in [0.05, 0.1) is 12.4 Å². The summed E-state index contributed by atoms with van der Waals surface area (Å²) >= 11 is 0. The summed E-state index contributed by atoms with van der Waals surface area (Å²) in [6.45, 7) is 6.58. The maximum absolute atomic E-state index is 12.4. The van der Waals surface area contributed by atoms with Crippen molar-refractivity contribution in [2.45, 2.75) is 26.2 Å². The van der Waals surface area contributed by atoms with Crippen molar-refractivity contribution in [1.82, 2.24) is 0 Å². The highest BCUT2D eigenvalue weighted by Gasteiger charge is 2.40. The van der Waals surface area contributed by atoms with Gasteiger partial charge in [0.2, 0.25) is 0 Å². The van der Waals surface area contributed by atoms with Crippen LogP contribution in [-0.2, 0) is 14.6 Å². The molecule has 1 saturated heterocycles. The molecule has 0 N–H and O–H groups in total. The van der Waals surface area contributed by atoms with Crippen LogP contribution in [0.15, 0.2) is 24.3 Å². The molecule has 4 heteroatoms. The molecule has 3 nitrogen and oxygen atoms in total. The molecule has 0 bridgehead atoms. The molecule has 2 unspecified atom stereocenters. The molecule has 0 aromatic heterocycles. The van der Waals surface area contributed by atoms with Gasteiger partial charge in [-0.15, -0.1) is 6.42 Å². The first kappa shape index (κ1) is 15.1. The van der Waals surface area contributed by atoms with Crippen molar-refractivity contribution in [2.24, 2.45) is 11.3 Å². The van der Waals surface area contributed by atoms with Gasteiger partial charge in [-0.2, -0.15) is 0 Å². The van der Waals surface area contributed by atoms with E-state index in [0.717, 1.165) is 5.56 Å². The van der Waals surface area contributed by atoms with Crippen LogP contribution in [-0.4, -0.2) is 20.8 Å².